The van der Waals surface area contributed by atoms with Crippen molar-refractivity contribution in [2.24, 2.45) is 5.73 Å². The summed E-state index contributed by atoms with van der Waals surface area (Å²) in [5.74, 6) is -1.94. The van der Waals surface area contributed by atoms with Gasteiger partial charge in [0.05, 0.1) is 6.04 Å². The Bertz CT molecular complexity index is 451. The lowest BCUT2D eigenvalue weighted by Gasteiger charge is -2.24. The third-order valence-electron chi connectivity index (χ3n) is 3.24. The van der Waals surface area contributed by atoms with E-state index in [9.17, 15) is 13.6 Å². The highest BCUT2D eigenvalue weighted by molar-refractivity contribution is 5.81. The molecule has 0 saturated heterocycles. The lowest BCUT2D eigenvalue weighted by atomic mass is 10.1. The maximum absolute atomic E-state index is 13.2. The van der Waals surface area contributed by atoms with Crippen molar-refractivity contribution in [3.8, 4) is 0 Å². The van der Waals surface area contributed by atoms with Gasteiger partial charge in [0.15, 0.2) is 11.6 Å². The van der Waals surface area contributed by atoms with Crippen molar-refractivity contribution in [2.75, 3.05) is 6.54 Å². The highest BCUT2D eigenvalue weighted by Crippen LogP contribution is 2.12. The van der Waals surface area contributed by atoms with Crippen LogP contribution in [0.2, 0.25) is 0 Å². The van der Waals surface area contributed by atoms with Crippen LogP contribution >= 0.6 is 0 Å². The molecule has 0 saturated carbocycles. The van der Waals surface area contributed by atoms with Crippen LogP contribution in [0, 0.1) is 11.6 Å². The molecule has 0 aliphatic heterocycles. The van der Waals surface area contributed by atoms with Gasteiger partial charge in [0.2, 0.25) is 5.91 Å². The summed E-state index contributed by atoms with van der Waals surface area (Å²) in [6.07, 6.45) is 2.52. The van der Waals surface area contributed by atoms with Gasteiger partial charge < -0.3 is 10.6 Å². The van der Waals surface area contributed by atoms with E-state index < -0.39 is 17.7 Å². The van der Waals surface area contributed by atoms with Gasteiger partial charge in [-0.1, -0.05) is 25.8 Å². The summed E-state index contributed by atoms with van der Waals surface area (Å²) in [5, 5.41) is 0. The normalized spacial score (nSPS) is 12.2. The predicted molar refractivity (Wildman–Crippen MR) is 74.9 cm³/mol. The molecule has 0 bridgehead atoms. The van der Waals surface area contributed by atoms with E-state index in [2.05, 4.69) is 0 Å². The Morgan fingerprint density at radius 3 is 2.55 bits per heavy atom. The number of unbranched alkanes of at least 4 members (excludes halogenated alkanes) is 1. The Balaban J connectivity index is 2.70. The molecule has 1 aromatic rings. The van der Waals surface area contributed by atoms with Crippen molar-refractivity contribution in [1.29, 1.82) is 0 Å². The van der Waals surface area contributed by atoms with Crippen LogP contribution in [-0.4, -0.2) is 23.4 Å². The van der Waals surface area contributed by atoms with Gasteiger partial charge in [0.1, 0.15) is 0 Å². The molecule has 5 heteroatoms. The molecule has 0 aliphatic rings. The molecule has 1 atom stereocenters. The first-order chi connectivity index (χ1) is 9.49. The molecular weight excluding hydrogens is 262 g/mol. The molecule has 0 radical (unpaired) electrons. The van der Waals surface area contributed by atoms with Crippen molar-refractivity contribution in [3.05, 3.63) is 35.4 Å². The summed E-state index contributed by atoms with van der Waals surface area (Å²) in [4.78, 5) is 13.7. The summed E-state index contributed by atoms with van der Waals surface area (Å²) in [7, 11) is 0. The molecule has 0 spiro atoms. The molecule has 0 heterocycles. The second kappa shape index (κ2) is 7.94. The molecular formula is C15H22F2N2O. The van der Waals surface area contributed by atoms with Crippen molar-refractivity contribution in [1.82, 2.24) is 4.90 Å². The monoisotopic (exact) mass is 284 g/mol. The molecule has 3 nitrogen and oxygen atoms in total. The molecule has 0 fully saturated rings. The van der Waals surface area contributed by atoms with Crippen LogP contribution < -0.4 is 5.73 Å². The molecule has 1 aromatic carbocycles. The van der Waals surface area contributed by atoms with Gasteiger partial charge in [-0.05, 0) is 31.0 Å². The highest BCUT2D eigenvalue weighted by Gasteiger charge is 2.19. The molecule has 112 valence electrons. The molecule has 2 N–H and O–H groups in total. The van der Waals surface area contributed by atoms with Gasteiger partial charge in [-0.3, -0.25) is 4.79 Å². The SMILES string of the molecule is CCCCC(N)C(=O)N(CC)Cc1ccc(F)c(F)c1. The predicted octanol–water partition coefficient (Wildman–Crippen LogP) is 2.83. The van der Waals surface area contributed by atoms with Crippen LogP contribution in [0.25, 0.3) is 0 Å². The second-order valence-corrected chi connectivity index (χ2v) is 4.85. The van der Waals surface area contributed by atoms with E-state index >= 15 is 0 Å². The summed E-state index contributed by atoms with van der Waals surface area (Å²) >= 11 is 0. The maximum Gasteiger partial charge on any atom is 0.239 e. The van der Waals surface area contributed by atoms with E-state index in [1.165, 1.54) is 6.07 Å². The number of halogens is 2. The smallest absolute Gasteiger partial charge is 0.239 e. The zero-order valence-corrected chi connectivity index (χ0v) is 12.0. The van der Waals surface area contributed by atoms with Crippen LogP contribution in [0.1, 0.15) is 38.7 Å². The number of hydrogen-bond acceptors (Lipinski definition) is 2. The second-order valence-electron chi connectivity index (χ2n) is 4.85. The zero-order valence-electron chi connectivity index (χ0n) is 12.0. The van der Waals surface area contributed by atoms with Crippen molar-refractivity contribution in [2.45, 2.75) is 45.7 Å². The summed E-state index contributed by atoms with van der Waals surface area (Å²) in [5.41, 5.74) is 6.42. The number of rotatable bonds is 7. The zero-order chi connectivity index (χ0) is 15.1. The molecule has 1 unspecified atom stereocenters. The van der Waals surface area contributed by atoms with Gasteiger partial charge in [-0.25, -0.2) is 8.78 Å². The Labute approximate surface area is 118 Å². The number of carbonyl (C=O) groups is 1. The van der Waals surface area contributed by atoms with E-state index in [1.807, 2.05) is 13.8 Å². The largest absolute Gasteiger partial charge is 0.337 e. The Kier molecular flexibility index (Phi) is 6.58. The topological polar surface area (TPSA) is 46.3 Å². The summed E-state index contributed by atoms with van der Waals surface area (Å²) in [6.45, 7) is 4.60. The van der Waals surface area contributed by atoms with Gasteiger partial charge in [0.25, 0.3) is 0 Å². The Hall–Kier alpha value is -1.49. The third-order valence-corrected chi connectivity index (χ3v) is 3.24. The summed E-state index contributed by atoms with van der Waals surface area (Å²) < 4.78 is 26.0. The first-order valence-electron chi connectivity index (χ1n) is 6.97. The minimum atomic E-state index is -0.902. The third kappa shape index (κ3) is 4.56. The quantitative estimate of drug-likeness (QED) is 0.837. The molecule has 1 amide bonds. The molecule has 20 heavy (non-hydrogen) atoms. The number of nitrogens with two attached hydrogens (primary N) is 1. The number of amides is 1. The van der Waals surface area contributed by atoms with E-state index in [0.717, 1.165) is 25.0 Å². The van der Waals surface area contributed by atoms with Crippen molar-refractivity contribution in [3.63, 3.8) is 0 Å². The number of hydrogen-bond donors (Lipinski definition) is 1. The minimum Gasteiger partial charge on any atom is -0.337 e. The van der Waals surface area contributed by atoms with Gasteiger partial charge >= 0.3 is 0 Å². The fourth-order valence-electron chi connectivity index (χ4n) is 1.99. The Morgan fingerprint density at radius 2 is 2.00 bits per heavy atom. The van der Waals surface area contributed by atoms with Crippen LogP contribution in [0.15, 0.2) is 18.2 Å². The number of likely N-dealkylation sites (N-methyl/N-ethyl adjacent to an activating group) is 1. The number of carbonyl (C=O) groups excluding carboxylic acids is 1. The number of benzene rings is 1. The van der Waals surface area contributed by atoms with Crippen LogP contribution in [0.3, 0.4) is 0 Å². The van der Waals surface area contributed by atoms with Crippen LogP contribution in [0.5, 0.6) is 0 Å². The average Bonchev–Trinajstić information content (AvgIpc) is 2.45. The Morgan fingerprint density at radius 1 is 1.30 bits per heavy atom. The van der Waals surface area contributed by atoms with E-state index in [0.29, 0.717) is 18.5 Å². The lowest BCUT2D eigenvalue weighted by Crippen LogP contribution is -2.43. The van der Waals surface area contributed by atoms with Crippen LogP contribution in [-0.2, 0) is 11.3 Å². The molecule has 0 aliphatic carbocycles. The summed E-state index contributed by atoms with van der Waals surface area (Å²) in [6, 6.07) is 3.13. The van der Waals surface area contributed by atoms with Gasteiger partial charge in [0, 0.05) is 13.1 Å². The van der Waals surface area contributed by atoms with Gasteiger partial charge in [-0.2, -0.15) is 0 Å². The molecule has 1 rings (SSSR count). The van der Waals surface area contributed by atoms with Crippen LogP contribution in [0.4, 0.5) is 8.78 Å². The average molecular weight is 284 g/mol. The van der Waals surface area contributed by atoms with Gasteiger partial charge in [-0.15, -0.1) is 0 Å². The first kappa shape index (κ1) is 16.6. The lowest BCUT2D eigenvalue weighted by molar-refractivity contribution is -0.133. The van der Waals surface area contributed by atoms with E-state index in [-0.39, 0.29) is 12.5 Å². The fourth-order valence-corrected chi connectivity index (χ4v) is 1.99. The van der Waals surface area contributed by atoms with E-state index in [4.69, 9.17) is 5.73 Å². The standard InChI is InChI=1S/C15H22F2N2O/c1-3-5-6-14(18)15(20)19(4-2)10-11-7-8-12(16)13(17)9-11/h7-9,14H,3-6,10,18H2,1-2H3. The van der Waals surface area contributed by atoms with Crippen molar-refractivity contribution >= 4 is 5.91 Å². The minimum absolute atomic E-state index is 0.148. The number of nitrogens with zero attached hydrogens (tertiary/aromatic N) is 1. The molecule has 0 aromatic heterocycles. The van der Waals surface area contributed by atoms with Crippen molar-refractivity contribution < 1.29 is 13.6 Å². The highest BCUT2D eigenvalue weighted by atomic mass is 19.2. The van der Waals surface area contributed by atoms with E-state index in [1.54, 1.807) is 4.90 Å². The maximum atomic E-state index is 13.2. The first-order valence-corrected chi connectivity index (χ1v) is 6.97. The fraction of sp³-hybridized carbons (Fsp3) is 0.533.